The van der Waals surface area contributed by atoms with Gasteiger partial charge in [-0.05, 0) is 30.5 Å². The highest BCUT2D eigenvalue weighted by atomic mass is 35.5. The zero-order valence-electron chi connectivity index (χ0n) is 11.2. The van der Waals surface area contributed by atoms with Crippen molar-refractivity contribution in [3.05, 3.63) is 28.8 Å². The highest BCUT2D eigenvalue weighted by molar-refractivity contribution is 6.30. The molecule has 1 aromatic rings. The van der Waals surface area contributed by atoms with Gasteiger partial charge in [-0.25, -0.2) is 0 Å². The van der Waals surface area contributed by atoms with Crippen LogP contribution in [0.5, 0.6) is 5.75 Å². The Morgan fingerprint density at radius 1 is 1.50 bits per heavy atom. The summed E-state index contributed by atoms with van der Waals surface area (Å²) >= 11 is 5.92. The predicted molar refractivity (Wildman–Crippen MR) is 73.1 cm³/mol. The van der Waals surface area contributed by atoms with Crippen LogP contribution in [0, 0.1) is 5.92 Å². The summed E-state index contributed by atoms with van der Waals surface area (Å²) in [6.07, 6.45) is 0.398. The van der Waals surface area contributed by atoms with E-state index in [1.54, 1.807) is 6.07 Å². The number of benzene rings is 1. The number of aliphatic hydroxyl groups excluding tert-OH is 1. The van der Waals surface area contributed by atoms with E-state index in [-0.39, 0.29) is 17.8 Å². The fourth-order valence-electron chi connectivity index (χ4n) is 2.49. The summed E-state index contributed by atoms with van der Waals surface area (Å²) in [6.45, 7) is 1.07. The minimum Gasteiger partial charge on any atom is -0.434 e. The number of halogens is 3. The van der Waals surface area contributed by atoms with Gasteiger partial charge in [0.15, 0.2) is 0 Å². The molecule has 0 amide bonds. The van der Waals surface area contributed by atoms with Crippen LogP contribution >= 0.6 is 11.6 Å². The Morgan fingerprint density at radius 3 is 2.90 bits per heavy atom. The minimum atomic E-state index is -2.85. The molecule has 6 heteroatoms. The molecule has 0 aliphatic carbocycles. The largest absolute Gasteiger partial charge is 0.434 e. The lowest BCUT2D eigenvalue weighted by Gasteiger charge is -2.34. The van der Waals surface area contributed by atoms with Gasteiger partial charge in [0.25, 0.3) is 0 Å². The summed E-state index contributed by atoms with van der Waals surface area (Å²) in [5.74, 6) is 0.325. The third kappa shape index (κ3) is 4.04. The molecule has 1 N–H and O–H groups in total. The lowest BCUT2D eigenvalue weighted by atomic mass is 9.96. The van der Waals surface area contributed by atoms with E-state index >= 15 is 0 Å². The number of alkyl halides is 2. The number of likely N-dealkylation sites (tertiary alicyclic amines) is 1. The Morgan fingerprint density at radius 2 is 2.25 bits per heavy atom. The maximum Gasteiger partial charge on any atom is 0.387 e. The molecule has 20 heavy (non-hydrogen) atoms. The summed E-state index contributed by atoms with van der Waals surface area (Å²) in [4.78, 5) is 2.11. The molecule has 2 atom stereocenters. The van der Waals surface area contributed by atoms with Crippen molar-refractivity contribution in [3.63, 3.8) is 0 Å². The molecule has 2 unspecified atom stereocenters. The minimum absolute atomic E-state index is 0.156. The number of hydrogen-bond acceptors (Lipinski definition) is 3. The van der Waals surface area contributed by atoms with Gasteiger partial charge >= 0.3 is 6.61 Å². The van der Waals surface area contributed by atoms with Crippen LogP contribution in [0.2, 0.25) is 5.02 Å². The van der Waals surface area contributed by atoms with Crippen molar-refractivity contribution >= 4 is 11.6 Å². The molecule has 0 radical (unpaired) electrons. The van der Waals surface area contributed by atoms with E-state index in [0.717, 1.165) is 13.1 Å². The molecule has 1 aliphatic rings. The maximum atomic E-state index is 12.4. The van der Waals surface area contributed by atoms with Gasteiger partial charge < -0.3 is 9.84 Å². The van der Waals surface area contributed by atoms with Gasteiger partial charge in [0.1, 0.15) is 5.75 Å². The Kier molecular flexibility index (Phi) is 5.18. The van der Waals surface area contributed by atoms with Crippen LogP contribution in [0.3, 0.4) is 0 Å². The molecule has 1 fully saturated rings. The first-order valence-electron chi connectivity index (χ1n) is 6.59. The van der Waals surface area contributed by atoms with Crippen LogP contribution in [0.1, 0.15) is 18.9 Å². The first-order valence-corrected chi connectivity index (χ1v) is 6.97. The Labute approximate surface area is 122 Å². The van der Waals surface area contributed by atoms with Gasteiger partial charge in [-0.15, -0.1) is 0 Å². The Hall–Kier alpha value is -0.910. The Balaban J connectivity index is 2.09. The van der Waals surface area contributed by atoms with Crippen LogP contribution in [0.4, 0.5) is 8.78 Å². The number of aliphatic hydroxyl groups is 1. The molecule has 1 saturated heterocycles. The summed E-state index contributed by atoms with van der Waals surface area (Å²) in [5, 5.41) is 10.2. The Bertz CT molecular complexity index is 459. The van der Waals surface area contributed by atoms with Crippen molar-refractivity contribution in [2.45, 2.75) is 32.6 Å². The summed E-state index contributed by atoms with van der Waals surface area (Å²) < 4.78 is 29.3. The van der Waals surface area contributed by atoms with Gasteiger partial charge in [0, 0.05) is 30.2 Å². The normalized spacial score (nSPS) is 24.1. The number of nitrogens with zero attached hydrogens (tertiary/aromatic N) is 1. The van der Waals surface area contributed by atoms with E-state index in [4.69, 9.17) is 11.6 Å². The summed E-state index contributed by atoms with van der Waals surface area (Å²) in [7, 11) is 0. The number of hydrogen-bond donors (Lipinski definition) is 1. The number of ether oxygens (including phenoxy) is 1. The van der Waals surface area contributed by atoms with Crippen LogP contribution < -0.4 is 4.74 Å². The van der Waals surface area contributed by atoms with Gasteiger partial charge in [-0.2, -0.15) is 8.78 Å². The van der Waals surface area contributed by atoms with Crippen molar-refractivity contribution in [1.82, 2.24) is 4.90 Å². The molecule has 3 nitrogen and oxygen atoms in total. The standard InChI is InChI=1S/C14H18ClF2NO2/c1-9-7-18(5-4-12(9)19)8-10-6-11(15)2-3-13(10)20-14(16)17/h2-3,6,9,12,14,19H,4-5,7-8H2,1H3. The highest BCUT2D eigenvalue weighted by Crippen LogP contribution is 2.27. The molecule has 0 bridgehead atoms. The molecular formula is C14H18ClF2NO2. The van der Waals surface area contributed by atoms with Crippen molar-refractivity contribution < 1.29 is 18.6 Å². The highest BCUT2D eigenvalue weighted by Gasteiger charge is 2.25. The van der Waals surface area contributed by atoms with Crippen LogP contribution in [-0.2, 0) is 6.54 Å². The zero-order chi connectivity index (χ0) is 14.7. The number of rotatable bonds is 4. The topological polar surface area (TPSA) is 32.7 Å². The van der Waals surface area contributed by atoms with Crippen molar-refractivity contribution in [2.75, 3.05) is 13.1 Å². The van der Waals surface area contributed by atoms with E-state index < -0.39 is 6.61 Å². The number of piperidine rings is 1. The average molecular weight is 306 g/mol. The lowest BCUT2D eigenvalue weighted by Crippen LogP contribution is -2.41. The summed E-state index contributed by atoms with van der Waals surface area (Å²) in [5.41, 5.74) is 0.640. The molecular weight excluding hydrogens is 288 g/mol. The van der Waals surface area contributed by atoms with E-state index in [1.807, 2.05) is 6.92 Å². The molecule has 1 aromatic carbocycles. The third-order valence-electron chi connectivity index (χ3n) is 3.58. The van der Waals surface area contributed by atoms with Crippen molar-refractivity contribution in [1.29, 1.82) is 0 Å². The van der Waals surface area contributed by atoms with Crippen LogP contribution in [0.25, 0.3) is 0 Å². The van der Waals surface area contributed by atoms with E-state index in [0.29, 0.717) is 23.6 Å². The predicted octanol–water partition coefficient (Wildman–Crippen LogP) is 3.14. The molecule has 0 spiro atoms. The fourth-order valence-corrected chi connectivity index (χ4v) is 2.68. The first kappa shape index (κ1) is 15.5. The van der Waals surface area contributed by atoms with Gasteiger partial charge in [0.2, 0.25) is 0 Å². The van der Waals surface area contributed by atoms with E-state index in [9.17, 15) is 13.9 Å². The molecule has 1 aliphatic heterocycles. The monoisotopic (exact) mass is 305 g/mol. The van der Waals surface area contributed by atoms with Crippen molar-refractivity contribution in [2.24, 2.45) is 5.92 Å². The van der Waals surface area contributed by atoms with Crippen LogP contribution in [-0.4, -0.2) is 35.8 Å². The second-order valence-corrected chi connectivity index (χ2v) is 5.64. The molecule has 0 aromatic heterocycles. The first-order chi connectivity index (χ1) is 9.45. The van der Waals surface area contributed by atoms with Gasteiger partial charge in [-0.3, -0.25) is 4.90 Å². The molecule has 112 valence electrons. The third-order valence-corrected chi connectivity index (χ3v) is 3.81. The fraction of sp³-hybridized carbons (Fsp3) is 0.571. The lowest BCUT2D eigenvalue weighted by molar-refractivity contribution is -0.0510. The second-order valence-electron chi connectivity index (χ2n) is 5.20. The second kappa shape index (κ2) is 6.70. The van der Waals surface area contributed by atoms with E-state index in [1.165, 1.54) is 12.1 Å². The molecule has 2 rings (SSSR count). The van der Waals surface area contributed by atoms with Gasteiger partial charge in [0.05, 0.1) is 6.10 Å². The van der Waals surface area contributed by atoms with E-state index in [2.05, 4.69) is 9.64 Å². The van der Waals surface area contributed by atoms with Crippen molar-refractivity contribution in [3.8, 4) is 5.75 Å². The zero-order valence-corrected chi connectivity index (χ0v) is 12.0. The quantitative estimate of drug-likeness (QED) is 0.927. The molecule has 0 saturated carbocycles. The van der Waals surface area contributed by atoms with Crippen LogP contribution in [0.15, 0.2) is 18.2 Å². The summed E-state index contributed by atoms with van der Waals surface area (Å²) in [6, 6.07) is 4.65. The average Bonchev–Trinajstić information content (AvgIpc) is 2.37. The SMILES string of the molecule is CC1CN(Cc2cc(Cl)ccc2OC(F)F)CCC1O. The van der Waals surface area contributed by atoms with Gasteiger partial charge in [-0.1, -0.05) is 18.5 Å². The maximum absolute atomic E-state index is 12.4. The molecule has 1 heterocycles. The smallest absolute Gasteiger partial charge is 0.387 e.